The number of carbonyl (C=O) groups is 1. The summed E-state index contributed by atoms with van der Waals surface area (Å²) < 4.78 is 47.1. The largest absolute Gasteiger partial charge is 0.381 e. The first-order valence-electron chi connectivity index (χ1n) is 9.89. The lowest BCUT2D eigenvalue weighted by Gasteiger charge is -2.25. The predicted molar refractivity (Wildman–Crippen MR) is 107 cm³/mol. The standard InChI is InChI=1S/C21H19F3N4O4/c1-10(17-15(24)7-13(23)8-25-17)26-19(29)18(11-4-5-32-9-11)28-20(30)14-6-12(22)2-3-16(14)27-21(28)31/h2-3,6-8,10-11,18H,4-5,9H2,1H3,(H,26,29)(H,27,31)/t10-,11+,18+/m1/s1. The van der Waals surface area contributed by atoms with Gasteiger partial charge in [-0.2, -0.15) is 0 Å². The first-order chi connectivity index (χ1) is 15.3. The minimum absolute atomic E-state index is 0.0967. The molecule has 0 saturated carbocycles. The molecule has 0 aliphatic carbocycles. The Morgan fingerprint density at radius 1 is 1.25 bits per heavy atom. The zero-order valence-electron chi connectivity index (χ0n) is 16.9. The molecule has 1 aliphatic rings. The third-order valence-electron chi connectivity index (χ3n) is 5.45. The van der Waals surface area contributed by atoms with E-state index in [1.807, 2.05) is 0 Å². The van der Waals surface area contributed by atoms with E-state index in [0.717, 1.165) is 22.9 Å². The number of pyridine rings is 1. The van der Waals surface area contributed by atoms with E-state index in [-0.39, 0.29) is 23.2 Å². The number of nitrogens with zero attached hydrogens (tertiary/aromatic N) is 2. The fourth-order valence-corrected chi connectivity index (χ4v) is 3.91. The number of rotatable bonds is 5. The molecule has 0 bridgehead atoms. The van der Waals surface area contributed by atoms with E-state index in [1.54, 1.807) is 0 Å². The molecule has 1 amide bonds. The van der Waals surface area contributed by atoms with Gasteiger partial charge in [-0.25, -0.2) is 22.5 Å². The number of nitrogens with one attached hydrogen (secondary N) is 2. The van der Waals surface area contributed by atoms with E-state index in [1.165, 1.54) is 13.0 Å². The average molecular weight is 448 g/mol. The first-order valence-corrected chi connectivity index (χ1v) is 9.89. The molecular formula is C21H19F3N4O4. The summed E-state index contributed by atoms with van der Waals surface area (Å²) in [5.41, 5.74) is -1.76. The van der Waals surface area contributed by atoms with Crippen LogP contribution in [0.15, 0.2) is 40.1 Å². The summed E-state index contributed by atoms with van der Waals surface area (Å²) in [6.07, 6.45) is 1.21. The van der Waals surface area contributed by atoms with Crippen molar-refractivity contribution in [2.45, 2.75) is 25.4 Å². The maximum Gasteiger partial charge on any atom is 0.329 e. The second-order valence-electron chi connectivity index (χ2n) is 7.61. The van der Waals surface area contributed by atoms with Crippen molar-refractivity contribution in [1.29, 1.82) is 0 Å². The summed E-state index contributed by atoms with van der Waals surface area (Å²) in [4.78, 5) is 45.3. The van der Waals surface area contributed by atoms with E-state index in [9.17, 15) is 27.6 Å². The molecule has 3 aromatic rings. The van der Waals surface area contributed by atoms with Crippen LogP contribution >= 0.6 is 0 Å². The number of H-pyrrole nitrogens is 1. The number of fused-ring (bicyclic) bond motifs is 1. The zero-order valence-corrected chi connectivity index (χ0v) is 16.9. The van der Waals surface area contributed by atoms with Crippen LogP contribution in [0, 0.1) is 23.4 Å². The molecule has 3 heterocycles. The highest BCUT2D eigenvalue weighted by atomic mass is 19.1. The minimum Gasteiger partial charge on any atom is -0.381 e. The first kappa shape index (κ1) is 21.8. The van der Waals surface area contributed by atoms with Crippen molar-refractivity contribution in [2.75, 3.05) is 13.2 Å². The van der Waals surface area contributed by atoms with E-state index in [4.69, 9.17) is 4.74 Å². The smallest absolute Gasteiger partial charge is 0.329 e. The van der Waals surface area contributed by atoms with Crippen molar-refractivity contribution in [1.82, 2.24) is 19.9 Å². The van der Waals surface area contributed by atoms with Crippen LogP contribution < -0.4 is 16.6 Å². The Kier molecular flexibility index (Phi) is 5.83. The summed E-state index contributed by atoms with van der Waals surface area (Å²) in [6, 6.07) is 1.69. The molecule has 8 nitrogen and oxygen atoms in total. The Morgan fingerprint density at radius 3 is 2.72 bits per heavy atom. The van der Waals surface area contributed by atoms with Crippen LogP contribution in [0.25, 0.3) is 10.9 Å². The molecule has 1 aliphatic heterocycles. The van der Waals surface area contributed by atoms with Gasteiger partial charge in [0.2, 0.25) is 5.91 Å². The molecule has 32 heavy (non-hydrogen) atoms. The van der Waals surface area contributed by atoms with Gasteiger partial charge in [0, 0.05) is 18.6 Å². The van der Waals surface area contributed by atoms with Gasteiger partial charge in [-0.3, -0.25) is 14.6 Å². The third kappa shape index (κ3) is 4.03. The average Bonchev–Trinajstić information content (AvgIpc) is 3.25. The number of aromatic nitrogens is 3. The van der Waals surface area contributed by atoms with Gasteiger partial charge in [-0.1, -0.05) is 0 Å². The topological polar surface area (TPSA) is 106 Å². The summed E-state index contributed by atoms with van der Waals surface area (Å²) in [6.45, 7) is 1.88. The third-order valence-corrected chi connectivity index (χ3v) is 5.45. The number of amides is 1. The second-order valence-corrected chi connectivity index (χ2v) is 7.61. The van der Waals surface area contributed by atoms with Crippen molar-refractivity contribution < 1.29 is 22.7 Å². The summed E-state index contributed by atoms with van der Waals surface area (Å²) in [5.74, 6) is -3.77. The van der Waals surface area contributed by atoms with Crippen molar-refractivity contribution in [3.05, 3.63) is 74.4 Å². The van der Waals surface area contributed by atoms with Crippen molar-refractivity contribution in [3.8, 4) is 0 Å². The maximum absolute atomic E-state index is 14.1. The maximum atomic E-state index is 14.1. The molecule has 2 aromatic heterocycles. The highest BCUT2D eigenvalue weighted by Crippen LogP contribution is 2.26. The van der Waals surface area contributed by atoms with E-state index < -0.39 is 52.6 Å². The molecule has 4 rings (SSSR count). The van der Waals surface area contributed by atoms with E-state index in [0.29, 0.717) is 19.1 Å². The van der Waals surface area contributed by atoms with Crippen LogP contribution in [0.2, 0.25) is 0 Å². The van der Waals surface area contributed by atoms with Crippen molar-refractivity contribution in [2.24, 2.45) is 5.92 Å². The molecule has 3 atom stereocenters. The number of halogens is 3. The van der Waals surface area contributed by atoms with E-state index >= 15 is 0 Å². The number of carbonyl (C=O) groups excluding carboxylic acids is 1. The van der Waals surface area contributed by atoms with Gasteiger partial charge < -0.3 is 15.0 Å². The van der Waals surface area contributed by atoms with Gasteiger partial charge in [0.15, 0.2) is 0 Å². The Bertz CT molecular complexity index is 1300. The summed E-state index contributed by atoms with van der Waals surface area (Å²) in [5, 5.41) is 2.44. The van der Waals surface area contributed by atoms with Gasteiger partial charge in [0.1, 0.15) is 23.5 Å². The molecule has 0 unspecified atom stereocenters. The fourth-order valence-electron chi connectivity index (χ4n) is 3.91. The van der Waals surface area contributed by atoms with Crippen molar-refractivity contribution >= 4 is 16.8 Å². The van der Waals surface area contributed by atoms with Crippen LogP contribution in [0.1, 0.15) is 31.1 Å². The van der Waals surface area contributed by atoms with Gasteiger partial charge in [-0.05, 0) is 31.5 Å². The molecule has 0 radical (unpaired) electrons. The summed E-state index contributed by atoms with van der Waals surface area (Å²) >= 11 is 0. The number of hydrogen-bond donors (Lipinski definition) is 2. The van der Waals surface area contributed by atoms with Crippen molar-refractivity contribution in [3.63, 3.8) is 0 Å². The molecule has 168 valence electrons. The Hall–Kier alpha value is -3.47. The SMILES string of the molecule is C[C@@H](NC(=O)[C@H]([C@H]1CCOC1)n1c(=O)[nH]c2ccc(F)cc2c1=O)c1ncc(F)cc1F. The number of hydrogen-bond acceptors (Lipinski definition) is 5. The van der Waals surface area contributed by atoms with Gasteiger partial charge in [0.25, 0.3) is 5.56 Å². The minimum atomic E-state index is -1.30. The van der Waals surface area contributed by atoms with E-state index in [2.05, 4.69) is 15.3 Å². The van der Waals surface area contributed by atoms with Crippen LogP contribution in [-0.2, 0) is 9.53 Å². The number of benzene rings is 1. The monoisotopic (exact) mass is 448 g/mol. The normalized spacial score (nSPS) is 17.9. The zero-order chi connectivity index (χ0) is 23.0. The van der Waals surface area contributed by atoms with Gasteiger partial charge >= 0.3 is 5.69 Å². The highest BCUT2D eigenvalue weighted by molar-refractivity contribution is 5.82. The molecular weight excluding hydrogens is 429 g/mol. The lowest BCUT2D eigenvalue weighted by atomic mass is 9.97. The van der Waals surface area contributed by atoms with Crippen LogP contribution in [0.3, 0.4) is 0 Å². The number of aromatic amines is 1. The second kappa shape index (κ2) is 8.58. The molecule has 11 heteroatoms. The quantitative estimate of drug-likeness (QED) is 0.621. The lowest BCUT2D eigenvalue weighted by Crippen LogP contribution is -2.48. The Morgan fingerprint density at radius 2 is 2.03 bits per heavy atom. The van der Waals surface area contributed by atoms with Crippen LogP contribution in [0.4, 0.5) is 13.2 Å². The summed E-state index contributed by atoms with van der Waals surface area (Å²) in [7, 11) is 0. The Balaban J connectivity index is 1.76. The van der Waals surface area contributed by atoms with Crippen LogP contribution in [-0.4, -0.2) is 33.7 Å². The molecule has 0 spiro atoms. The predicted octanol–water partition coefficient (Wildman–Crippen LogP) is 1.96. The van der Waals surface area contributed by atoms with Crippen LogP contribution in [0.5, 0.6) is 0 Å². The van der Waals surface area contributed by atoms with Gasteiger partial charge in [0.05, 0.1) is 35.4 Å². The Labute approximate surface area is 179 Å². The molecule has 1 aromatic carbocycles. The highest BCUT2D eigenvalue weighted by Gasteiger charge is 2.36. The fraction of sp³-hybridized carbons (Fsp3) is 0.333. The molecule has 2 N–H and O–H groups in total. The lowest BCUT2D eigenvalue weighted by molar-refractivity contribution is -0.126. The molecule has 1 fully saturated rings. The molecule has 1 saturated heterocycles. The van der Waals surface area contributed by atoms with Gasteiger partial charge in [-0.15, -0.1) is 0 Å². The number of ether oxygens (including phenoxy) is 1.